The highest BCUT2D eigenvalue weighted by molar-refractivity contribution is 8.09. The summed E-state index contributed by atoms with van der Waals surface area (Å²) >= 11 is 7.52. The number of imide groups is 1. The molecule has 5 rings (SSSR count). The van der Waals surface area contributed by atoms with Crippen LogP contribution in [0.5, 0.6) is 5.75 Å². The number of aromatic nitrogens is 1. The number of anilines is 1. The van der Waals surface area contributed by atoms with Gasteiger partial charge in [0.2, 0.25) is 0 Å². The lowest BCUT2D eigenvalue weighted by Crippen LogP contribution is -2.60. The van der Waals surface area contributed by atoms with Crippen LogP contribution < -0.4 is 15.0 Å². The molecule has 10 heteroatoms. The van der Waals surface area contributed by atoms with E-state index in [4.69, 9.17) is 16.3 Å². The average Bonchev–Trinajstić information content (AvgIpc) is 3.22. The van der Waals surface area contributed by atoms with Gasteiger partial charge in [-0.2, -0.15) is 0 Å². The Labute approximate surface area is 209 Å². The molecule has 2 atom stereocenters. The van der Waals surface area contributed by atoms with Crippen molar-refractivity contribution >= 4 is 56.7 Å². The lowest BCUT2D eigenvalue weighted by atomic mass is 9.95. The second kappa shape index (κ2) is 8.51. The molecule has 3 heterocycles. The lowest BCUT2D eigenvalue weighted by Gasteiger charge is -2.33. The molecule has 3 amide bonds. The molecule has 1 fully saturated rings. The van der Waals surface area contributed by atoms with E-state index in [0.717, 1.165) is 16.4 Å². The molecule has 35 heavy (non-hydrogen) atoms. The molecule has 0 aliphatic carbocycles. The summed E-state index contributed by atoms with van der Waals surface area (Å²) < 4.78 is 19.1. The molecule has 180 valence electrons. The van der Waals surface area contributed by atoms with Gasteiger partial charge in [0, 0.05) is 27.4 Å². The van der Waals surface area contributed by atoms with Gasteiger partial charge in [-0.1, -0.05) is 23.7 Å². The first-order chi connectivity index (χ1) is 16.6. The van der Waals surface area contributed by atoms with E-state index >= 15 is 0 Å². The molecule has 2 unspecified atom stereocenters. The number of rotatable bonds is 4. The third-order valence-electron chi connectivity index (χ3n) is 6.06. The number of halogens is 2. The molecule has 1 aromatic heterocycles. The van der Waals surface area contributed by atoms with Crippen molar-refractivity contribution < 1.29 is 23.8 Å². The standard InChI is InChI=1S/C25H21ClFN3O4S/c1-25(2,33)13-5-4-12-10-28-11-19(14(12)6-13)30-23(31)22-18(29-24(30)32)9-21(35-22)15-7-20(34-3)17(27)8-16(15)26/h4-11,18,22,33H,1-3H3,(H,29,32). The summed E-state index contributed by atoms with van der Waals surface area (Å²) in [5, 5.41) is 14.2. The van der Waals surface area contributed by atoms with Gasteiger partial charge < -0.3 is 15.2 Å². The molecule has 0 radical (unpaired) electrons. The Balaban J connectivity index is 1.52. The van der Waals surface area contributed by atoms with E-state index in [1.165, 1.54) is 31.1 Å². The van der Waals surface area contributed by atoms with Crippen molar-refractivity contribution in [2.24, 2.45) is 0 Å². The fraction of sp³-hybridized carbons (Fsp3) is 0.240. The minimum Gasteiger partial charge on any atom is -0.494 e. The van der Waals surface area contributed by atoms with E-state index in [1.54, 1.807) is 44.3 Å². The topological polar surface area (TPSA) is 91.8 Å². The quantitative estimate of drug-likeness (QED) is 0.518. The van der Waals surface area contributed by atoms with Crippen molar-refractivity contribution in [3.05, 3.63) is 70.8 Å². The van der Waals surface area contributed by atoms with Gasteiger partial charge in [0.15, 0.2) is 11.6 Å². The summed E-state index contributed by atoms with van der Waals surface area (Å²) in [6.07, 6.45) is 4.84. The van der Waals surface area contributed by atoms with Gasteiger partial charge in [0.05, 0.1) is 35.7 Å². The lowest BCUT2D eigenvalue weighted by molar-refractivity contribution is -0.118. The summed E-state index contributed by atoms with van der Waals surface area (Å²) in [6, 6.07) is 6.83. The number of carbonyl (C=O) groups is 2. The number of urea groups is 1. The third-order valence-corrected chi connectivity index (χ3v) is 7.73. The van der Waals surface area contributed by atoms with Crippen LogP contribution in [0, 0.1) is 5.82 Å². The van der Waals surface area contributed by atoms with Gasteiger partial charge in [0.1, 0.15) is 5.25 Å². The molecular formula is C25H21ClFN3O4S. The Hall–Kier alpha value is -3.14. The number of hydrogen-bond acceptors (Lipinski definition) is 6. The second-order valence-corrected chi connectivity index (χ2v) is 10.4. The Morgan fingerprint density at radius 3 is 2.71 bits per heavy atom. The maximum atomic E-state index is 14.0. The highest BCUT2D eigenvalue weighted by Gasteiger charge is 2.46. The van der Waals surface area contributed by atoms with Crippen molar-refractivity contribution in [1.29, 1.82) is 0 Å². The van der Waals surface area contributed by atoms with Crippen LogP contribution in [-0.4, -0.2) is 40.4 Å². The number of ether oxygens (including phenoxy) is 1. The smallest absolute Gasteiger partial charge is 0.329 e. The van der Waals surface area contributed by atoms with Crippen LogP contribution in [-0.2, 0) is 10.4 Å². The fourth-order valence-corrected chi connectivity index (χ4v) is 5.82. The van der Waals surface area contributed by atoms with Gasteiger partial charge in [0.25, 0.3) is 5.91 Å². The molecule has 2 aromatic carbocycles. The Morgan fingerprint density at radius 1 is 1.23 bits per heavy atom. The van der Waals surface area contributed by atoms with Crippen LogP contribution in [0.2, 0.25) is 5.02 Å². The number of pyridine rings is 1. The first-order valence-corrected chi connectivity index (χ1v) is 12.0. The molecule has 0 saturated carbocycles. The SMILES string of the molecule is COc1cc(C2=CC3NC(=O)N(c4cncc5ccc(C(C)(C)O)cc45)C(=O)C3S2)c(Cl)cc1F. The van der Waals surface area contributed by atoms with Crippen molar-refractivity contribution in [2.45, 2.75) is 30.7 Å². The first-order valence-electron chi connectivity index (χ1n) is 10.8. The molecule has 2 aliphatic heterocycles. The van der Waals surface area contributed by atoms with E-state index < -0.39 is 34.6 Å². The molecular weight excluding hydrogens is 493 g/mol. The van der Waals surface area contributed by atoms with Crippen LogP contribution >= 0.6 is 23.4 Å². The maximum absolute atomic E-state index is 14.0. The highest BCUT2D eigenvalue weighted by atomic mass is 35.5. The van der Waals surface area contributed by atoms with E-state index in [1.807, 2.05) is 0 Å². The zero-order valence-corrected chi connectivity index (χ0v) is 20.6. The van der Waals surface area contributed by atoms with Crippen molar-refractivity contribution in [3.8, 4) is 5.75 Å². The average molecular weight is 514 g/mol. The van der Waals surface area contributed by atoms with Crippen molar-refractivity contribution in [1.82, 2.24) is 10.3 Å². The van der Waals surface area contributed by atoms with Gasteiger partial charge in [-0.3, -0.25) is 9.78 Å². The van der Waals surface area contributed by atoms with Gasteiger partial charge in [-0.05, 0) is 43.7 Å². The predicted molar refractivity (Wildman–Crippen MR) is 134 cm³/mol. The number of carbonyl (C=O) groups excluding carboxylic acids is 2. The van der Waals surface area contributed by atoms with Crippen LogP contribution in [0.1, 0.15) is 25.0 Å². The van der Waals surface area contributed by atoms with Crippen molar-refractivity contribution in [2.75, 3.05) is 12.0 Å². The number of hydrogen-bond donors (Lipinski definition) is 2. The summed E-state index contributed by atoms with van der Waals surface area (Å²) in [5.74, 6) is -0.975. The van der Waals surface area contributed by atoms with E-state index in [2.05, 4.69) is 10.3 Å². The summed E-state index contributed by atoms with van der Waals surface area (Å²) in [4.78, 5) is 32.6. The molecule has 2 N–H and O–H groups in total. The molecule has 1 saturated heterocycles. The Kier molecular flexibility index (Phi) is 5.74. The molecule has 3 aromatic rings. The monoisotopic (exact) mass is 513 g/mol. The first kappa shape index (κ1) is 23.6. The second-order valence-electron chi connectivity index (χ2n) is 8.84. The Morgan fingerprint density at radius 2 is 2.00 bits per heavy atom. The largest absolute Gasteiger partial charge is 0.494 e. The van der Waals surface area contributed by atoms with Crippen LogP contribution in [0.3, 0.4) is 0 Å². The summed E-state index contributed by atoms with van der Waals surface area (Å²) in [5.41, 5.74) is 0.368. The number of nitrogens with zero attached hydrogens (tertiary/aromatic N) is 2. The molecule has 0 spiro atoms. The summed E-state index contributed by atoms with van der Waals surface area (Å²) in [7, 11) is 1.36. The minimum absolute atomic E-state index is 0.0298. The normalized spacial score (nSPS) is 20.1. The zero-order valence-electron chi connectivity index (χ0n) is 19.0. The number of aliphatic hydroxyl groups is 1. The zero-order chi connectivity index (χ0) is 25.1. The van der Waals surface area contributed by atoms with Crippen LogP contribution in [0.4, 0.5) is 14.9 Å². The Bertz CT molecular complexity index is 1420. The molecule has 2 aliphatic rings. The maximum Gasteiger partial charge on any atom is 0.329 e. The number of nitrogens with one attached hydrogen (secondary N) is 1. The number of fused-ring (bicyclic) bond motifs is 2. The number of thioether (sulfide) groups is 1. The van der Waals surface area contributed by atoms with Crippen LogP contribution in [0.25, 0.3) is 15.7 Å². The van der Waals surface area contributed by atoms with Crippen molar-refractivity contribution in [3.63, 3.8) is 0 Å². The number of benzene rings is 2. The minimum atomic E-state index is -1.11. The third kappa shape index (κ3) is 4.03. The van der Waals surface area contributed by atoms with Gasteiger partial charge in [-0.15, -0.1) is 11.8 Å². The van der Waals surface area contributed by atoms with E-state index in [-0.39, 0.29) is 10.8 Å². The fourth-order valence-electron chi connectivity index (χ4n) is 4.22. The van der Waals surface area contributed by atoms with Gasteiger partial charge >= 0.3 is 6.03 Å². The summed E-state index contributed by atoms with van der Waals surface area (Å²) in [6.45, 7) is 3.33. The van der Waals surface area contributed by atoms with Crippen LogP contribution in [0.15, 0.2) is 48.8 Å². The number of amides is 3. The van der Waals surface area contributed by atoms with Gasteiger partial charge in [-0.25, -0.2) is 14.1 Å². The molecule has 0 bridgehead atoms. The van der Waals surface area contributed by atoms with E-state index in [0.29, 0.717) is 27.1 Å². The highest BCUT2D eigenvalue weighted by Crippen LogP contribution is 2.46. The van der Waals surface area contributed by atoms with E-state index in [9.17, 15) is 19.1 Å². The number of methoxy groups -OCH3 is 1. The molecule has 7 nitrogen and oxygen atoms in total. The predicted octanol–water partition coefficient (Wildman–Crippen LogP) is 4.84.